The van der Waals surface area contributed by atoms with Gasteiger partial charge in [0, 0.05) is 23.4 Å². The molecular formula is C25H22N2O3S. The van der Waals surface area contributed by atoms with Gasteiger partial charge < -0.3 is 10.2 Å². The Hall–Kier alpha value is -3.38. The van der Waals surface area contributed by atoms with E-state index in [2.05, 4.69) is 5.32 Å². The molecular weight excluding hydrogens is 408 g/mol. The smallest absolute Gasteiger partial charge is 0.255 e. The van der Waals surface area contributed by atoms with Crippen LogP contribution >= 0.6 is 11.8 Å². The van der Waals surface area contributed by atoms with Gasteiger partial charge in [-0.3, -0.25) is 14.4 Å². The molecule has 1 fully saturated rings. The van der Waals surface area contributed by atoms with Crippen LogP contribution < -0.4 is 5.32 Å². The zero-order valence-electron chi connectivity index (χ0n) is 17.1. The minimum Gasteiger partial charge on any atom is -0.322 e. The lowest BCUT2D eigenvalue weighted by molar-refractivity contribution is -0.128. The molecule has 1 aliphatic rings. The van der Waals surface area contributed by atoms with Crippen molar-refractivity contribution in [2.75, 3.05) is 11.1 Å². The van der Waals surface area contributed by atoms with Crippen LogP contribution in [0.1, 0.15) is 44.1 Å². The van der Waals surface area contributed by atoms with E-state index in [4.69, 9.17) is 0 Å². The molecule has 1 heterocycles. The number of carbonyl (C=O) groups excluding carboxylic acids is 3. The van der Waals surface area contributed by atoms with Crippen LogP contribution in [0.4, 0.5) is 5.69 Å². The summed E-state index contributed by atoms with van der Waals surface area (Å²) in [6, 6.07) is 24.1. The fourth-order valence-corrected chi connectivity index (χ4v) is 4.69. The molecule has 1 atom stereocenters. The Labute approximate surface area is 185 Å². The van der Waals surface area contributed by atoms with Gasteiger partial charge in [0.2, 0.25) is 5.91 Å². The van der Waals surface area contributed by atoms with E-state index in [9.17, 15) is 14.4 Å². The summed E-state index contributed by atoms with van der Waals surface area (Å²) in [4.78, 5) is 38.5. The van der Waals surface area contributed by atoms with Crippen molar-refractivity contribution >= 4 is 35.0 Å². The second-order valence-corrected chi connectivity index (χ2v) is 8.45. The first kappa shape index (κ1) is 20.9. The Morgan fingerprint density at radius 3 is 2.42 bits per heavy atom. The van der Waals surface area contributed by atoms with Crippen LogP contribution in [0.2, 0.25) is 0 Å². The Kier molecular flexibility index (Phi) is 6.18. The zero-order chi connectivity index (χ0) is 21.8. The van der Waals surface area contributed by atoms with Gasteiger partial charge in [0.05, 0.1) is 5.75 Å². The molecule has 5 nitrogen and oxygen atoms in total. The summed E-state index contributed by atoms with van der Waals surface area (Å²) < 4.78 is 0. The third-order valence-corrected chi connectivity index (χ3v) is 6.40. The zero-order valence-corrected chi connectivity index (χ0v) is 17.9. The van der Waals surface area contributed by atoms with Crippen LogP contribution in [0.3, 0.4) is 0 Å². The van der Waals surface area contributed by atoms with E-state index in [1.807, 2.05) is 47.4 Å². The first-order valence-corrected chi connectivity index (χ1v) is 11.0. The number of nitrogens with zero attached hydrogens (tertiary/aromatic N) is 1. The second kappa shape index (κ2) is 9.18. The summed E-state index contributed by atoms with van der Waals surface area (Å²) in [6.45, 7) is 2.05. The Balaban J connectivity index is 1.47. The molecule has 4 rings (SSSR count). The summed E-state index contributed by atoms with van der Waals surface area (Å²) in [5.74, 6) is 0.269. The van der Waals surface area contributed by atoms with Crippen LogP contribution in [-0.4, -0.2) is 28.3 Å². The SMILES string of the molecule is CC(=O)c1cccc(NC(=O)c2ccc([C@H]3SCC(=O)N3Cc3ccccc3)cc2)c1. The van der Waals surface area contributed by atoms with Gasteiger partial charge in [0.25, 0.3) is 5.91 Å². The number of hydrogen-bond donors (Lipinski definition) is 1. The summed E-state index contributed by atoms with van der Waals surface area (Å²) in [6.07, 6.45) is 0. The fraction of sp³-hybridized carbons (Fsp3) is 0.160. The van der Waals surface area contributed by atoms with Gasteiger partial charge >= 0.3 is 0 Å². The van der Waals surface area contributed by atoms with Gasteiger partial charge in [-0.15, -0.1) is 11.8 Å². The largest absolute Gasteiger partial charge is 0.322 e. The van der Waals surface area contributed by atoms with Crippen LogP contribution in [0.15, 0.2) is 78.9 Å². The van der Waals surface area contributed by atoms with Crippen LogP contribution in [0.5, 0.6) is 0 Å². The molecule has 0 aliphatic carbocycles. The number of nitrogens with one attached hydrogen (secondary N) is 1. The van der Waals surface area contributed by atoms with Crippen molar-refractivity contribution in [1.29, 1.82) is 0 Å². The molecule has 3 aromatic rings. The number of benzene rings is 3. The van der Waals surface area contributed by atoms with E-state index in [1.165, 1.54) is 6.92 Å². The third-order valence-electron chi connectivity index (χ3n) is 5.15. The highest BCUT2D eigenvalue weighted by Gasteiger charge is 2.32. The van der Waals surface area contributed by atoms with Gasteiger partial charge in [-0.1, -0.05) is 54.6 Å². The fourth-order valence-electron chi connectivity index (χ4n) is 3.50. The van der Waals surface area contributed by atoms with E-state index >= 15 is 0 Å². The number of rotatable bonds is 6. The molecule has 3 aromatic carbocycles. The van der Waals surface area contributed by atoms with Crippen molar-refractivity contribution in [3.05, 3.63) is 101 Å². The molecule has 0 spiro atoms. The Morgan fingerprint density at radius 2 is 1.71 bits per heavy atom. The van der Waals surface area contributed by atoms with Gasteiger partial charge in [0.15, 0.2) is 5.78 Å². The molecule has 0 radical (unpaired) electrons. The predicted molar refractivity (Wildman–Crippen MR) is 123 cm³/mol. The van der Waals surface area contributed by atoms with Crippen LogP contribution in [-0.2, 0) is 11.3 Å². The molecule has 31 heavy (non-hydrogen) atoms. The first-order valence-electron chi connectivity index (χ1n) is 9.98. The maximum Gasteiger partial charge on any atom is 0.255 e. The van der Waals surface area contributed by atoms with Gasteiger partial charge in [-0.05, 0) is 42.3 Å². The van der Waals surface area contributed by atoms with E-state index in [-0.39, 0.29) is 23.0 Å². The van der Waals surface area contributed by atoms with Crippen LogP contribution in [0, 0.1) is 0 Å². The Morgan fingerprint density at radius 1 is 0.968 bits per heavy atom. The number of carbonyl (C=O) groups is 3. The third kappa shape index (κ3) is 4.86. The number of thioether (sulfide) groups is 1. The Bertz CT molecular complexity index is 1110. The van der Waals surface area contributed by atoms with E-state index < -0.39 is 0 Å². The monoisotopic (exact) mass is 430 g/mol. The van der Waals surface area contributed by atoms with Gasteiger partial charge in [-0.25, -0.2) is 0 Å². The summed E-state index contributed by atoms with van der Waals surface area (Å²) in [5, 5.41) is 2.76. The summed E-state index contributed by atoms with van der Waals surface area (Å²) >= 11 is 1.60. The number of anilines is 1. The molecule has 0 saturated carbocycles. The normalized spacial score (nSPS) is 15.7. The average molecular weight is 431 g/mol. The predicted octanol–water partition coefficient (Wildman–Crippen LogP) is 4.92. The molecule has 1 aliphatic heterocycles. The maximum absolute atomic E-state index is 12.6. The number of Topliss-reactive ketones (excluding diaryl/α,β-unsaturated/α-hetero) is 1. The molecule has 2 amide bonds. The number of ketones is 1. The van der Waals surface area contributed by atoms with Crippen molar-refractivity contribution < 1.29 is 14.4 Å². The minimum atomic E-state index is -0.247. The molecule has 0 bridgehead atoms. The van der Waals surface area contributed by atoms with E-state index in [1.54, 1.807) is 48.2 Å². The lowest BCUT2D eigenvalue weighted by atomic mass is 10.1. The first-order chi connectivity index (χ1) is 15.0. The second-order valence-electron chi connectivity index (χ2n) is 7.38. The topological polar surface area (TPSA) is 66.5 Å². The highest BCUT2D eigenvalue weighted by Crippen LogP contribution is 2.39. The average Bonchev–Trinajstić information content (AvgIpc) is 3.15. The van der Waals surface area contributed by atoms with Crippen molar-refractivity contribution in [3.63, 3.8) is 0 Å². The van der Waals surface area contributed by atoms with Crippen molar-refractivity contribution in [1.82, 2.24) is 4.90 Å². The lowest BCUT2D eigenvalue weighted by Crippen LogP contribution is -2.27. The molecule has 0 unspecified atom stereocenters. The van der Waals surface area contributed by atoms with Crippen molar-refractivity contribution in [3.8, 4) is 0 Å². The number of hydrogen-bond acceptors (Lipinski definition) is 4. The van der Waals surface area contributed by atoms with E-state index in [0.29, 0.717) is 29.1 Å². The minimum absolute atomic E-state index is 0.0517. The molecule has 1 N–H and O–H groups in total. The molecule has 156 valence electrons. The van der Waals surface area contributed by atoms with Crippen molar-refractivity contribution in [2.24, 2.45) is 0 Å². The van der Waals surface area contributed by atoms with Crippen molar-refractivity contribution in [2.45, 2.75) is 18.8 Å². The molecule has 1 saturated heterocycles. The number of amides is 2. The van der Waals surface area contributed by atoms with E-state index in [0.717, 1.165) is 11.1 Å². The highest BCUT2D eigenvalue weighted by atomic mass is 32.2. The molecule has 6 heteroatoms. The summed E-state index contributed by atoms with van der Waals surface area (Å²) in [7, 11) is 0. The van der Waals surface area contributed by atoms with Gasteiger partial charge in [-0.2, -0.15) is 0 Å². The lowest BCUT2D eigenvalue weighted by Gasteiger charge is -2.24. The quantitative estimate of drug-likeness (QED) is 0.564. The highest BCUT2D eigenvalue weighted by molar-refractivity contribution is 8.00. The maximum atomic E-state index is 12.6. The summed E-state index contributed by atoms with van der Waals surface area (Å²) in [5.41, 5.74) is 3.72. The van der Waals surface area contributed by atoms with Crippen LogP contribution in [0.25, 0.3) is 0 Å². The standard InChI is InChI=1S/C25H22N2O3S/c1-17(28)21-8-5-9-22(14-21)26-24(30)19-10-12-20(13-11-19)25-27(23(29)16-31-25)15-18-6-3-2-4-7-18/h2-14,25H,15-16H2,1H3,(H,26,30)/t25-/m1/s1. The molecule has 0 aromatic heterocycles. The van der Waals surface area contributed by atoms with Gasteiger partial charge in [0.1, 0.15) is 5.37 Å².